The van der Waals surface area contributed by atoms with Gasteiger partial charge in [-0.15, -0.1) is 0 Å². The Kier molecular flexibility index (Phi) is 9.53. The summed E-state index contributed by atoms with van der Waals surface area (Å²) in [7, 11) is 0. The van der Waals surface area contributed by atoms with E-state index in [1.54, 1.807) is 36.7 Å². The average molecular weight is 430 g/mol. The van der Waals surface area contributed by atoms with Gasteiger partial charge in [0.2, 0.25) is 0 Å². The van der Waals surface area contributed by atoms with Gasteiger partial charge in [0.1, 0.15) is 11.5 Å². The number of pyridine rings is 1. The first-order valence-corrected chi connectivity index (χ1v) is 11.4. The van der Waals surface area contributed by atoms with Crippen molar-refractivity contribution in [1.29, 1.82) is 0 Å². The molecule has 166 valence electrons. The van der Waals surface area contributed by atoms with Gasteiger partial charge in [-0.1, -0.05) is 63.3 Å². The quantitative estimate of drug-likeness (QED) is 0.173. The molecule has 2 aromatic carbocycles. The molecule has 0 aliphatic carbocycles. The zero-order chi connectivity index (χ0) is 22.4. The molecule has 4 nitrogen and oxygen atoms in total. The topological polar surface area (TPSA) is 48.4 Å². The maximum absolute atomic E-state index is 12.4. The second kappa shape index (κ2) is 13.1. The summed E-state index contributed by atoms with van der Waals surface area (Å²) in [6.07, 6.45) is 14.9. The van der Waals surface area contributed by atoms with E-state index in [2.05, 4.69) is 11.9 Å². The molecule has 0 bridgehead atoms. The Morgan fingerprint density at radius 1 is 0.750 bits per heavy atom. The SMILES string of the molecule is CCCCCCCCOc1ccc(C(=O)Oc2ccc(/C=C/c3ccncc3)cc2)cc1. The number of ether oxygens (including phenoxy) is 2. The molecule has 0 fully saturated rings. The Hall–Kier alpha value is -3.40. The predicted octanol–water partition coefficient (Wildman–Crippen LogP) is 7.21. The van der Waals surface area contributed by atoms with Gasteiger partial charge in [-0.2, -0.15) is 0 Å². The van der Waals surface area contributed by atoms with E-state index in [-0.39, 0.29) is 5.97 Å². The first kappa shape index (κ1) is 23.3. The lowest BCUT2D eigenvalue weighted by Crippen LogP contribution is -2.08. The van der Waals surface area contributed by atoms with E-state index < -0.39 is 0 Å². The number of hydrogen-bond donors (Lipinski definition) is 0. The first-order chi connectivity index (χ1) is 15.7. The third-order valence-corrected chi connectivity index (χ3v) is 5.12. The number of nitrogens with zero attached hydrogens (tertiary/aromatic N) is 1. The van der Waals surface area contributed by atoms with Crippen molar-refractivity contribution < 1.29 is 14.3 Å². The summed E-state index contributed by atoms with van der Waals surface area (Å²) in [6.45, 7) is 2.93. The third-order valence-electron chi connectivity index (χ3n) is 5.12. The van der Waals surface area contributed by atoms with Gasteiger partial charge in [0.15, 0.2) is 0 Å². The summed E-state index contributed by atoms with van der Waals surface area (Å²) >= 11 is 0. The summed E-state index contributed by atoms with van der Waals surface area (Å²) in [6, 6.07) is 18.4. The highest BCUT2D eigenvalue weighted by Gasteiger charge is 2.09. The van der Waals surface area contributed by atoms with Gasteiger partial charge in [-0.05, 0) is 66.1 Å². The molecule has 3 rings (SSSR count). The summed E-state index contributed by atoms with van der Waals surface area (Å²) in [5, 5.41) is 0. The minimum absolute atomic E-state index is 0.382. The number of carbonyl (C=O) groups is 1. The molecule has 1 aromatic heterocycles. The molecule has 0 radical (unpaired) electrons. The zero-order valence-corrected chi connectivity index (χ0v) is 18.7. The highest BCUT2D eigenvalue weighted by Crippen LogP contribution is 2.18. The average Bonchev–Trinajstić information content (AvgIpc) is 2.84. The van der Waals surface area contributed by atoms with Gasteiger partial charge in [-0.3, -0.25) is 4.98 Å². The Morgan fingerprint density at radius 2 is 1.34 bits per heavy atom. The van der Waals surface area contributed by atoms with Crippen LogP contribution >= 0.6 is 0 Å². The number of rotatable bonds is 12. The van der Waals surface area contributed by atoms with E-state index in [4.69, 9.17) is 9.47 Å². The molecule has 1 heterocycles. The van der Waals surface area contributed by atoms with Crippen molar-refractivity contribution in [2.75, 3.05) is 6.61 Å². The summed E-state index contributed by atoms with van der Waals surface area (Å²) in [5.74, 6) is 0.910. The molecule has 32 heavy (non-hydrogen) atoms. The van der Waals surface area contributed by atoms with E-state index in [1.807, 2.05) is 48.6 Å². The Labute approximate surface area is 190 Å². The molecule has 0 saturated carbocycles. The summed E-state index contributed by atoms with van der Waals surface area (Å²) in [4.78, 5) is 16.4. The van der Waals surface area contributed by atoms with Crippen LogP contribution in [0.15, 0.2) is 73.1 Å². The lowest BCUT2D eigenvalue weighted by molar-refractivity contribution is 0.0734. The molecule has 0 N–H and O–H groups in total. The standard InChI is InChI=1S/C28H31NO3/c1-2-3-4-5-6-7-22-31-26-16-12-25(13-17-26)28(30)32-27-14-10-23(11-15-27)8-9-24-18-20-29-21-19-24/h8-21H,2-7,22H2,1H3/b9-8+. The van der Waals surface area contributed by atoms with Gasteiger partial charge in [0.25, 0.3) is 0 Å². The summed E-state index contributed by atoms with van der Waals surface area (Å²) < 4.78 is 11.3. The maximum Gasteiger partial charge on any atom is 0.343 e. The number of unbranched alkanes of at least 4 members (excludes halogenated alkanes) is 5. The van der Waals surface area contributed by atoms with Crippen LogP contribution in [0.25, 0.3) is 12.2 Å². The molecule has 0 aliphatic heterocycles. The Bertz CT molecular complexity index is 964. The van der Waals surface area contributed by atoms with Gasteiger partial charge < -0.3 is 9.47 Å². The zero-order valence-electron chi connectivity index (χ0n) is 18.7. The third kappa shape index (κ3) is 8.03. The monoisotopic (exact) mass is 429 g/mol. The van der Waals surface area contributed by atoms with Gasteiger partial charge in [0, 0.05) is 12.4 Å². The largest absolute Gasteiger partial charge is 0.494 e. The van der Waals surface area contributed by atoms with E-state index in [1.165, 1.54) is 32.1 Å². The van der Waals surface area contributed by atoms with Crippen molar-refractivity contribution in [2.24, 2.45) is 0 Å². The minimum atomic E-state index is -0.382. The van der Waals surface area contributed by atoms with E-state index >= 15 is 0 Å². The maximum atomic E-state index is 12.4. The van der Waals surface area contributed by atoms with Crippen molar-refractivity contribution in [3.8, 4) is 11.5 Å². The molecule has 0 spiro atoms. The van der Waals surface area contributed by atoms with Crippen molar-refractivity contribution in [3.05, 3.63) is 89.7 Å². The van der Waals surface area contributed by atoms with Crippen molar-refractivity contribution >= 4 is 18.1 Å². The van der Waals surface area contributed by atoms with Gasteiger partial charge in [0.05, 0.1) is 12.2 Å². The normalized spacial score (nSPS) is 10.9. The van der Waals surface area contributed by atoms with Crippen LogP contribution in [0.3, 0.4) is 0 Å². The van der Waals surface area contributed by atoms with Crippen LogP contribution in [0.1, 0.15) is 66.9 Å². The molecule has 0 aliphatic rings. The van der Waals surface area contributed by atoms with Crippen LogP contribution < -0.4 is 9.47 Å². The van der Waals surface area contributed by atoms with Crippen LogP contribution in [-0.2, 0) is 0 Å². The molecular formula is C28H31NO3. The van der Waals surface area contributed by atoms with E-state index in [0.29, 0.717) is 17.9 Å². The van der Waals surface area contributed by atoms with Crippen LogP contribution in [-0.4, -0.2) is 17.6 Å². The smallest absolute Gasteiger partial charge is 0.343 e. The van der Waals surface area contributed by atoms with Gasteiger partial charge >= 0.3 is 5.97 Å². The molecule has 0 unspecified atom stereocenters. The second-order valence-electron chi connectivity index (χ2n) is 7.71. The van der Waals surface area contributed by atoms with Crippen molar-refractivity contribution in [1.82, 2.24) is 4.98 Å². The highest BCUT2D eigenvalue weighted by atomic mass is 16.5. The van der Waals surface area contributed by atoms with E-state index in [9.17, 15) is 4.79 Å². The first-order valence-electron chi connectivity index (χ1n) is 11.4. The summed E-state index contributed by atoms with van der Waals surface area (Å²) in [5.41, 5.74) is 2.60. The Balaban J connectivity index is 1.43. The fraction of sp³-hybridized carbons (Fsp3) is 0.286. The lowest BCUT2D eigenvalue weighted by atomic mass is 10.1. The number of hydrogen-bond acceptors (Lipinski definition) is 4. The van der Waals surface area contributed by atoms with Crippen molar-refractivity contribution in [2.45, 2.75) is 45.4 Å². The highest BCUT2D eigenvalue weighted by molar-refractivity contribution is 5.91. The predicted molar refractivity (Wildman–Crippen MR) is 130 cm³/mol. The van der Waals surface area contributed by atoms with Crippen LogP contribution in [0, 0.1) is 0 Å². The fourth-order valence-corrected chi connectivity index (χ4v) is 3.24. The number of esters is 1. The Morgan fingerprint density at radius 3 is 2.03 bits per heavy atom. The molecule has 3 aromatic rings. The lowest BCUT2D eigenvalue weighted by Gasteiger charge is -2.08. The number of carbonyl (C=O) groups excluding carboxylic acids is 1. The minimum Gasteiger partial charge on any atom is -0.494 e. The molecule has 4 heteroatoms. The van der Waals surface area contributed by atoms with Crippen LogP contribution in [0.4, 0.5) is 0 Å². The molecular weight excluding hydrogens is 398 g/mol. The van der Waals surface area contributed by atoms with Crippen LogP contribution in [0.2, 0.25) is 0 Å². The number of aromatic nitrogens is 1. The van der Waals surface area contributed by atoms with Gasteiger partial charge in [-0.25, -0.2) is 4.79 Å². The van der Waals surface area contributed by atoms with E-state index in [0.717, 1.165) is 23.3 Å². The fourth-order valence-electron chi connectivity index (χ4n) is 3.24. The second-order valence-corrected chi connectivity index (χ2v) is 7.71. The van der Waals surface area contributed by atoms with Crippen LogP contribution in [0.5, 0.6) is 11.5 Å². The molecule has 0 atom stereocenters. The molecule has 0 saturated heterocycles. The van der Waals surface area contributed by atoms with Crippen molar-refractivity contribution in [3.63, 3.8) is 0 Å². The number of benzene rings is 2. The molecule has 0 amide bonds.